The highest BCUT2D eigenvalue weighted by Crippen LogP contribution is 2.20. The van der Waals surface area contributed by atoms with Crippen molar-refractivity contribution >= 4 is 39.9 Å². The van der Waals surface area contributed by atoms with Crippen LogP contribution in [-0.2, 0) is 4.79 Å². The fraction of sp³-hybridized carbons (Fsp3) is 0.467. The van der Waals surface area contributed by atoms with Gasteiger partial charge in [-0.3, -0.25) is 4.79 Å². The Bertz CT molecular complexity index is 457. The lowest BCUT2D eigenvalue weighted by molar-refractivity contribution is -0.113. The van der Waals surface area contributed by atoms with Crippen molar-refractivity contribution in [1.82, 2.24) is 4.90 Å². The number of nitrogens with one attached hydrogen (secondary N) is 1. The van der Waals surface area contributed by atoms with Crippen LogP contribution in [0.5, 0.6) is 0 Å². The molecule has 0 aliphatic rings. The molecule has 0 saturated carbocycles. The van der Waals surface area contributed by atoms with Gasteiger partial charge in [0.2, 0.25) is 5.91 Å². The standard InChI is InChI=1S/C15H22N2OS2/c1-5-11(2)12-6-8-13(9-7-12)16-14(18)10-20-15(19)17(3)4/h6-9,11H,5,10H2,1-4H3,(H,16,18). The van der Waals surface area contributed by atoms with Crippen LogP contribution in [0.15, 0.2) is 24.3 Å². The van der Waals surface area contributed by atoms with E-state index in [-0.39, 0.29) is 5.91 Å². The zero-order valence-electron chi connectivity index (χ0n) is 12.5. The molecular weight excluding hydrogens is 288 g/mol. The summed E-state index contributed by atoms with van der Waals surface area (Å²) >= 11 is 6.50. The van der Waals surface area contributed by atoms with Crippen LogP contribution in [0.25, 0.3) is 0 Å². The van der Waals surface area contributed by atoms with Crippen molar-refractivity contribution in [3.63, 3.8) is 0 Å². The zero-order valence-corrected chi connectivity index (χ0v) is 14.1. The van der Waals surface area contributed by atoms with Gasteiger partial charge >= 0.3 is 0 Å². The van der Waals surface area contributed by atoms with Crippen LogP contribution in [0.2, 0.25) is 0 Å². The first-order valence-electron chi connectivity index (χ1n) is 6.68. The summed E-state index contributed by atoms with van der Waals surface area (Å²) in [5.41, 5.74) is 2.13. The Morgan fingerprint density at radius 1 is 1.35 bits per heavy atom. The Balaban J connectivity index is 2.48. The van der Waals surface area contributed by atoms with E-state index in [9.17, 15) is 4.79 Å². The Morgan fingerprint density at radius 3 is 2.45 bits per heavy atom. The van der Waals surface area contributed by atoms with E-state index >= 15 is 0 Å². The van der Waals surface area contributed by atoms with Crippen LogP contribution in [0.4, 0.5) is 5.69 Å². The number of carbonyl (C=O) groups is 1. The Morgan fingerprint density at radius 2 is 1.95 bits per heavy atom. The molecular formula is C15H22N2OS2. The van der Waals surface area contributed by atoms with Crippen molar-refractivity contribution in [1.29, 1.82) is 0 Å². The third-order valence-corrected chi connectivity index (χ3v) is 4.81. The van der Waals surface area contributed by atoms with Crippen LogP contribution in [0, 0.1) is 0 Å². The lowest BCUT2D eigenvalue weighted by Crippen LogP contribution is -2.20. The first kappa shape index (κ1) is 17.0. The molecule has 1 rings (SSSR count). The molecule has 110 valence electrons. The van der Waals surface area contributed by atoms with Gasteiger partial charge < -0.3 is 10.2 Å². The summed E-state index contributed by atoms with van der Waals surface area (Å²) in [4.78, 5) is 13.6. The van der Waals surface area contributed by atoms with Crippen molar-refractivity contribution in [3.05, 3.63) is 29.8 Å². The van der Waals surface area contributed by atoms with Gasteiger partial charge in [-0.25, -0.2) is 0 Å². The maximum Gasteiger partial charge on any atom is 0.234 e. The Kier molecular flexibility index (Phi) is 7.02. The van der Waals surface area contributed by atoms with Crippen molar-refractivity contribution in [2.45, 2.75) is 26.2 Å². The number of anilines is 1. The second kappa shape index (κ2) is 8.27. The topological polar surface area (TPSA) is 32.3 Å². The molecule has 1 aromatic carbocycles. The lowest BCUT2D eigenvalue weighted by Gasteiger charge is -2.13. The van der Waals surface area contributed by atoms with E-state index in [0.717, 1.165) is 12.1 Å². The molecule has 1 N–H and O–H groups in total. The molecule has 0 aromatic heterocycles. The van der Waals surface area contributed by atoms with Gasteiger partial charge in [-0.2, -0.15) is 0 Å². The summed E-state index contributed by atoms with van der Waals surface area (Å²) in [6.07, 6.45) is 1.12. The van der Waals surface area contributed by atoms with Gasteiger partial charge in [0.1, 0.15) is 4.32 Å². The number of amides is 1. The summed E-state index contributed by atoms with van der Waals surface area (Å²) in [5.74, 6) is 0.854. The molecule has 1 aromatic rings. The minimum Gasteiger partial charge on any atom is -0.364 e. The minimum atomic E-state index is -0.0320. The van der Waals surface area contributed by atoms with Crippen LogP contribution in [0.1, 0.15) is 31.7 Å². The Hall–Kier alpha value is -1.07. The zero-order chi connectivity index (χ0) is 15.1. The van der Waals surface area contributed by atoms with E-state index in [2.05, 4.69) is 31.3 Å². The van der Waals surface area contributed by atoms with Gasteiger partial charge in [0, 0.05) is 19.8 Å². The smallest absolute Gasteiger partial charge is 0.234 e. The van der Waals surface area contributed by atoms with Crippen molar-refractivity contribution in [3.8, 4) is 0 Å². The van der Waals surface area contributed by atoms with Crippen LogP contribution >= 0.6 is 24.0 Å². The van der Waals surface area contributed by atoms with Crippen LogP contribution < -0.4 is 5.32 Å². The molecule has 3 nitrogen and oxygen atoms in total. The predicted molar refractivity (Wildman–Crippen MR) is 92.5 cm³/mol. The first-order valence-corrected chi connectivity index (χ1v) is 8.07. The largest absolute Gasteiger partial charge is 0.364 e. The average Bonchev–Trinajstić information content (AvgIpc) is 2.44. The fourth-order valence-electron chi connectivity index (χ4n) is 1.58. The molecule has 0 aliphatic carbocycles. The van der Waals surface area contributed by atoms with E-state index in [1.807, 2.05) is 31.1 Å². The predicted octanol–water partition coefficient (Wildman–Crippen LogP) is 3.72. The molecule has 1 unspecified atom stereocenters. The molecule has 20 heavy (non-hydrogen) atoms. The van der Waals surface area contributed by atoms with E-state index in [4.69, 9.17) is 12.2 Å². The maximum absolute atomic E-state index is 11.8. The molecule has 5 heteroatoms. The van der Waals surface area contributed by atoms with Crippen molar-refractivity contribution in [2.24, 2.45) is 0 Å². The molecule has 0 spiro atoms. The number of carbonyl (C=O) groups excluding carboxylic acids is 1. The second-order valence-electron chi connectivity index (χ2n) is 4.93. The molecule has 1 atom stereocenters. The number of rotatable bonds is 5. The van der Waals surface area contributed by atoms with Gasteiger partial charge in [-0.15, -0.1) is 0 Å². The normalized spacial score (nSPS) is 11.8. The first-order chi connectivity index (χ1) is 9.43. The number of nitrogens with zero attached hydrogens (tertiary/aromatic N) is 1. The van der Waals surface area contributed by atoms with Gasteiger partial charge in [0.05, 0.1) is 5.75 Å². The summed E-state index contributed by atoms with van der Waals surface area (Å²) in [6.45, 7) is 4.37. The number of benzene rings is 1. The average molecular weight is 310 g/mol. The molecule has 0 radical (unpaired) electrons. The van der Waals surface area contributed by atoms with Gasteiger partial charge in [-0.1, -0.05) is 50.0 Å². The molecule has 0 fully saturated rings. The second-order valence-corrected chi connectivity index (χ2v) is 6.54. The Labute approximate surface area is 131 Å². The number of thioether (sulfide) groups is 1. The molecule has 0 saturated heterocycles. The highest BCUT2D eigenvalue weighted by molar-refractivity contribution is 8.23. The quantitative estimate of drug-likeness (QED) is 0.840. The van der Waals surface area contributed by atoms with E-state index in [1.54, 1.807) is 0 Å². The van der Waals surface area contributed by atoms with E-state index < -0.39 is 0 Å². The summed E-state index contributed by atoms with van der Waals surface area (Å²) in [6, 6.07) is 8.05. The van der Waals surface area contributed by atoms with Gasteiger partial charge in [-0.05, 0) is 30.0 Å². The van der Waals surface area contributed by atoms with E-state index in [1.165, 1.54) is 17.3 Å². The molecule has 0 bridgehead atoms. The molecule has 1 amide bonds. The van der Waals surface area contributed by atoms with Crippen molar-refractivity contribution in [2.75, 3.05) is 25.2 Å². The lowest BCUT2D eigenvalue weighted by atomic mass is 9.99. The SMILES string of the molecule is CCC(C)c1ccc(NC(=O)CSC(=S)N(C)C)cc1. The van der Waals surface area contributed by atoms with Gasteiger partial charge in [0.15, 0.2) is 0 Å². The number of thiocarbonyl (C=S) groups is 1. The maximum atomic E-state index is 11.8. The fourth-order valence-corrected chi connectivity index (χ4v) is 2.35. The third-order valence-electron chi connectivity index (χ3n) is 3.07. The highest BCUT2D eigenvalue weighted by Gasteiger charge is 2.07. The monoisotopic (exact) mass is 310 g/mol. The van der Waals surface area contributed by atoms with Crippen LogP contribution in [0.3, 0.4) is 0 Å². The summed E-state index contributed by atoms with van der Waals surface area (Å²) < 4.78 is 0.715. The molecule has 0 aliphatic heterocycles. The summed E-state index contributed by atoms with van der Waals surface area (Å²) in [5, 5.41) is 2.88. The van der Waals surface area contributed by atoms with Crippen molar-refractivity contribution < 1.29 is 4.79 Å². The number of hydrogen-bond acceptors (Lipinski definition) is 3. The minimum absolute atomic E-state index is 0.0320. The molecule has 0 heterocycles. The third kappa shape index (κ3) is 5.51. The highest BCUT2D eigenvalue weighted by atomic mass is 32.2. The van der Waals surface area contributed by atoms with Gasteiger partial charge in [0.25, 0.3) is 0 Å². The van der Waals surface area contributed by atoms with Crippen LogP contribution in [-0.4, -0.2) is 35.0 Å². The summed E-state index contributed by atoms with van der Waals surface area (Å²) in [7, 11) is 3.75. The van der Waals surface area contributed by atoms with E-state index in [0.29, 0.717) is 16.0 Å². The number of hydrogen-bond donors (Lipinski definition) is 1.